The molecule has 1 aliphatic heterocycles. The summed E-state index contributed by atoms with van der Waals surface area (Å²) >= 11 is 0. The summed E-state index contributed by atoms with van der Waals surface area (Å²) in [7, 11) is -2.19. The molecular weight excluding hydrogens is 635 g/mol. The molecule has 3 aliphatic rings. The highest BCUT2D eigenvalue weighted by Gasteiger charge is 2.62. The van der Waals surface area contributed by atoms with E-state index in [1.54, 1.807) is 0 Å². The molecule has 5 rings (SSSR count). The van der Waals surface area contributed by atoms with Crippen LogP contribution in [0.5, 0.6) is 0 Å². The van der Waals surface area contributed by atoms with Gasteiger partial charge in [-0.15, -0.1) is 0 Å². The van der Waals surface area contributed by atoms with E-state index < -0.39 is 25.9 Å². The van der Waals surface area contributed by atoms with Crippen LogP contribution in [-0.2, 0) is 33.0 Å². The lowest BCUT2D eigenvalue weighted by atomic mass is 9.45. The van der Waals surface area contributed by atoms with Crippen molar-refractivity contribution in [2.45, 2.75) is 111 Å². The number of ether oxygens (including phenoxy) is 3. The number of benzene rings is 2. The molecule has 49 heavy (non-hydrogen) atoms. The molecule has 0 amide bonds. The van der Waals surface area contributed by atoms with Gasteiger partial charge in [0.15, 0.2) is 8.32 Å². The fraction of sp³-hybridized carbons (Fsp3) is 0.575. The second-order valence-corrected chi connectivity index (χ2v) is 21.2. The molecule has 0 radical (unpaired) electrons. The number of carbonyl (C=O) groups excluding carboxylic acids is 3. The van der Waals surface area contributed by atoms with Crippen LogP contribution in [0.4, 0.5) is 5.69 Å². The van der Waals surface area contributed by atoms with E-state index in [9.17, 15) is 14.4 Å². The first-order valence-corrected chi connectivity index (χ1v) is 20.6. The lowest BCUT2D eigenvalue weighted by Gasteiger charge is -2.62. The van der Waals surface area contributed by atoms with Crippen LogP contribution < -0.4 is 5.32 Å². The number of esters is 3. The Hall–Kier alpha value is -3.43. The van der Waals surface area contributed by atoms with Gasteiger partial charge in [-0.3, -0.25) is 9.59 Å². The maximum atomic E-state index is 13.2. The minimum atomic E-state index is -2.19. The third kappa shape index (κ3) is 7.25. The molecule has 2 saturated carbocycles. The van der Waals surface area contributed by atoms with Crippen molar-refractivity contribution in [1.82, 2.24) is 0 Å². The molecule has 266 valence electrons. The Labute approximate surface area is 293 Å². The highest BCUT2D eigenvalue weighted by Crippen LogP contribution is 2.63. The summed E-state index contributed by atoms with van der Waals surface area (Å²) < 4.78 is 24.5. The number of cyclic esters (lactones) is 1. The van der Waals surface area contributed by atoms with E-state index in [1.165, 1.54) is 13.8 Å². The van der Waals surface area contributed by atoms with Crippen LogP contribution in [-0.4, -0.2) is 57.7 Å². The molecule has 2 aromatic carbocycles. The Morgan fingerprint density at radius 1 is 1.06 bits per heavy atom. The molecule has 0 unspecified atom stereocenters. The van der Waals surface area contributed by atoms with Gasteiger partial charge in [0.25, 0.3) is 0 Å². The fourth-order valence-corrected chi connectivity index (χ4v) is 9.58. The Kier molecular flexibility index (Phi) is 10.3. The molecule has 2 aliphatic carbocycles. The molecular formula is C40H55NO7Si. The van der Waals surface area contributed by atoms with Gasteiger partial charge in [-0.05, 0) is 84.2 Å². The second-order valence-electron chi connectivity index (χ2n) is 16.4. The van der Waals surface area contributed by atoms with Crippen molar-refractivity contribution in [1.29, 1.82) is 0 Å². The van der Waals surface area contributed by atoms with E-state index in [2.05, 4.69) is 77.8 Å². The summed E-state index contributed by atoms with van der Waals surface area (Å²) in [5.74, 6) is -1.21. The average Bonchev–Trinajstić information content (AvgIpc) is 3.45. The molecule has 0 bridgehead atoms. The molecule has 8 nitrogen and oxygen atoms in total. The van der Waals surface area contributed by atoms with E-state index in [1.807, 2.05) is 30.3 Å². The standard InChI is InChI=1S/C40H55NO7Si/c1-25-31(22-33(30-19-21-45-37(30)44)41-32-17-13-15-28-14-11-12-16-29(28)32)39(7)20-18-36(48-27(3)43)40(8,24-46-49(9,10)38(4,5)6)35(39)23-34(25)47-26(2)42/h11-17,19,31,33-36,41H,1,18,20-24H2,2-10H3/t31-,33-,34+,35+,36-,39+,40+/m1/s1. The van der Waals surface area contributed by atoms with Crippen molar-refractivity contribution in [2.75, 3.05) is 18.5 Å². The average molecular weight is 690 g/mol. The lowest BCUT2D eigenvalue weighted by Crippen LogP contribution is -2.62. The Morgan fingerprint density at radius 3 is 2.37 bits per heavy atom. The number of nitrogens with one attached hydrogen (secondary N) is 1. The van der Waals surface area contributed by atoms with Crippen molar-refractivity contribution in [3.63, 3.8) is 0 Å². The topological polar surface area (TPSA) is 100 Å². The van der Waals surface area contributed by atoms with Gasteiger partial charge in [0.05, 0.1) is 11.6 Å². The predicted molar refractivity (Wildman–Crippen MR) is 195 cm³/mol. The normalized spacial score (nSPS) is 29.4. The number of anilines is 1. The minimum absolute atomic E-state index is 0.00790. The number of hydrogen-bond donors (Lipinski definition) is 1. The quantitative estimate of drug-likeness (QED) is 0.115. The van der Waals surface area contributed by atoms with Crippen LogP contribution in [0.2, 0.25) is 18.1 Å². The Balaban J connectivity index is 1.59. The van der Waals surface area contributed by atoms with Crippen LogP contribution in [0.1, 0.15) is 74.1 Å². The largest absolute Gasteiger partial charge is 0.462 e. The molecule has 1 heterocycles. The van der Waals surface area contributed by atoms with Crippen molar-refractivity contribution < 1.29 is 33.0 Å². The number of hydrogen-bond acceptors (Lipinski definition) is 8. The van der Waals surface area contributed by atoms with E-state index in [4.69, 9.17) is 18.6 Å². The number of carbonyl (C=O) groups is 3. The van der Waals surface area contributed by atoms with Crippen molar-refractivity contribution >= 4 is 42.7 Å². The zero-order valence-corrected chi connectivity index (χ0v) is 31.8. The minimum Gasteiger partial charge on any atom is -0.462 e. The first-order valence-electron chi connectivity index (χ1n) is 17.7. The monoisotopic (exact) mass is 689 g/mol. The molecule has 2 aromatic rings. The molecule has 2 fully saturated rings. The first-order chi connectivity index (χ1) is 22.9. The number of rotatable bonds is 10. The van der Waals surface area contributed by atoms with Gasteiger partial charge in [-0.2, -0.15) is 0 Å². The number of fused-ring (bicyclic) bond motifs is 2. The second kappa shape index (κ2) is 13.7. The van der Waals surface area contributed by atoms with E-state index >= 15 is 0 Å². The highest BCUT2D eigenvalue weighted by atomic mass is 28.4. The summed E-state index contributed by atoms with van der Waals surface area (Å²) in [6.07, 6.45) is 3.48. The van der Waals surface area contributed by atoms with Crippen LogP contribution in [0.25, 0.3) is 10.8 Å². The van der Waals surface area contributed by atoms with Gasteiger partial charge < -0.3 is 24.0 Å². The van der Waals surface area contributed by atoms with E-state index in [0.29, 0.717) is 31.4 Å². The highest BCUT2D eigenvalue weighted by molar-refractivity contribution is 6.74. The van der Waals surface area contributed by atoms with E-state index in [-0.39, 0.29) is 52.9 Å². The Bertz CT molecular complexity index is 1640. The summed E-state index contributed by atoms with van der Waals surface area (Å²) in [4.78, 5) is 38.3. The summed E-state index contributed by atoms with van der Waals surface area (Å²) in [5, 5.41) is 5.89. The molecule has 0 spiro atoms. The molecule has 1 N–H and O–H groups in total. The molecule has 9 heteroatoms. The maximum Gasteiger partial charge on any atom is 0.336 e. The van der Waals surface area contributed by atoms with Crippen molar-refractivity contribution in [3.05, 3.63) is 66.3 Å². The zero-order chi connectivity index (χ0) is 35.9. The summed E-state index contributed by atoms with van der Waals surface area (Å²) in [6, 6.07) is 13.9. The van der Waals surface area contributed by atoms with Crippen LogP contribution in [0.15, 0.2) is 66.3 Å². The van der Waals surface area contributed by atoms with Gasteiger partial charge in [0.2, 0.25) is 0 Å². The van der Waals surface area contributed by atoms with Gasteiger partial charge in [-0.1, -0.05) is 77.6 Å². The van der Waals surface area contributed by atoms with Crippen LogP contribution >= 0.6 is 0 Å². The third-order valence-corrected chi connectivity index (χ3v) is 16.7. The maximum absolute atomic E-state index is 13.2. The summed E-state index contributed by atoms with van der Waals surface area (Å²) in [6.45, 7) is 23.8. The van der Waals surface area contributed by atoms with E-state index in [0.717, 1.165) is 28.5 Å². The van der Waals surface area contributed by atoms with Gasteiger partial charge in [0.1, 0.15) is 18.8 Å². The van der Waals surface area contributed by atoms with Crippen molar-refractivity contribution in [2.24, 2.45) is 22.7 Å². The fourth-order valence-electron chi connectivity index (χ4n) is 8.47. The lowest BCUT2D eigenvalue weighted by molar-refractivity contribution is -0.192. The van der Waals surface area contributed by atoms with Crippen LogP contribution in [0, 0.1) is 22.7 Å². The predicted octanol–water partition coefficient (Wildman–Crippen LogP) is 8.38. The van der Waals surface area contributed by atoms with Gasteiger partial charge in [0, 0.05) is 36.9 Å². The SMILES string of the molecule is C=C1[C@@H](OC(C)=O)C[C@@H]2[C@](C)(CO[Si](C)(C)C(C)(C)C)[C@H](OC(C)=O)CC[C@@]2(C)[C@@H]1C[C@@H](Nc1cccc2ccccc12)C1=CCOC1=O. The van der Waals surface area contributed by atoms with Gasteiger partial charge >= 0.3 is 17.9 Å². The molecule has 0 saturated heterocycles. The molecule has 0 aromatic heterocycles. The zero-order valence-electron chi connectivity index (χ0n) is 30.8. The van der Waals surface area contributed by atoms with Crippen LogP contribution in [0.3, 0.4) is 0 Å². The molecule has 7 atom stereocenters. The van der Waals surface area contributed by atoms with Crippen molar-refractivity contribution in [3.8, 4) is 0 Å². The smallest absolute Gasteiger partial charge is 0.336 e. The first kappa shape index (κ1) is 36.8. The Morgan fingerprint density at radius 2 is 1.73 bits per heavy atom. The summed E-state index contributed by atoms with van der Waals surface area (Å²) in [5.41, 5.74) is 1.46. The van der Waals surface area contributed by atoms with Gasteiger partial charge in [-0.25, -0.2) is 4.79 Å². The third-order valence-electron chi connectivity index (χ3n) is 12.3.